The van der Waals surface area contributed by atoms with Crippen molar-refractivity contribution in [3.05, 3.63) is 64.7 Å². The summed E-state index contributed by atoms with van der Waals surface area (Å²) in [6.07, 6.45) is 6.10. The van der Waals surface area contributed by atoms with Crippen LogP contribution in [0.5, 0.6) is 0 Å². The number of benzene rings is 2. The van der Waals surface area contributed by atoms with Gasteiger partial charge in [-0.15, -0.1) is 0 Å². The fourth-order valence-corrected chi connectivity index (χ4v) is 7.60. The molecule has 7 rings (SSSR count). The van der Waals surface area contributed by atoms with Gasteiger partial charge in [-0.05, 0) is 63.1 Å². The molecular weight excluding hydrogens is 559 g/mol. The number of carboxylic acids is 1. The lowest BCUT2D eigenvalue weighted by Gasteiger charge is -2.35. The van der Waals surface area contributed by atoms with Crippen LogP contribution < -0.4 is 10.2 Å². The first-order valence-corrected chi connectivity index (χ1v) is 15.2. The zero-order valence-corrected chi connectivity index (χ0v) is 24.0. The number of carboxylic acid groups (broad SMARTS) is 1. The summed E-state index contributed by atoms with van der Waals surface area (Å²) in [6.45, 7) is 1.97. The topological polar surface area (TPSA) is 118 Å². The summed E-state index contributed by atoms with van der Waals surface area (Å²) in [5.74, 6) is -1.06. The number of aromatic nitrogens is 2. The van der Waals surface area contributed by atoms with E-state index in [-0.39, 0.29) is 29.3 Å². The Bertz CT molecular complexity index is 1680. The average molecular weight is 591 g/mol. The number of aliphatic carboxylic acids is 1. The highest BCUT2D eigenvalue weighted by Gasteiger charge is 2.46. The molecule has 3 atom stereocenters. The molecule has 9 nitrogen and oxygen atoms in total. The minimum absolute atomic E-state index is 0.0154. The largest absolute Gasteiger partial charge is 0.480 e. The Labute approximate surface area is 245 Å². The number of nitrogens with zero attached hydrogens (tertiary/aromatic N) is 3. The number of halogens is 1. The van der Waals surface area contributed by atoms with Gasteiger partial charge in [-0.25, -0.2) is 9.37 Å². The molecule has 2 bridgehead atoms. The molecule has 2 aromatic carbocycles. The fraction of sp³-hybridized carbons (Fsp3) is 0.419. The van der Waals surface area contributed by atoms with Crippen LogP contribution in [0.4, 0.5) is 9.52 Å². The zero-order valence-electron chi connectivity index (χ0n) is 23.1. The minimum atomic E-state index is -1.17. The van der Waals surface area contributed by atoms with Crippen LogP contribution in [-0.2, 0) is 16.1 Å². The number of hydrogen-bond acceptors (Lipinski definition) is 8. The van der Waals surface area contributed by atoms with E-state index < -0.39 is 24.2 Å². The predicted octanol–water partition coefficient (Wildman–Crippen LogP) is 5.81. The van der Waals surface area contributed by atoms with Crippen molar-refractivity contribution >= 4 is 38.6 Å². The van der Waals surface area contributed by atoms with E-state index in [0.29, 0.717) is 17.2 Å². The Morgan fingerprint density at radius 3 is 2.83 bits per heavy atom. The molecule has 3 fully saturated rings. The van der Waals surface area contributed by atoms with Crippen molar-refractivity contribution in [1.29, 1.82) is 0 Å². The number of amides is 1. The molecule has 2 unspecified atom stereocenters. The van der Waals surface area contributed by atoms with Crippen molar-refractivity contribution in [3.63, 3.8) is 0 Å². The van der Waals surface area contributed by atoms with Crippen molar-refractivity contribution in [2.45, 2.75) is 76.2 Å². The zero-order chi connectivity index (χ0) is 29.0. The third-order valence-electron chi connectivity index (χ3n) is 8.65. The Morgan fingerprint density at radius 1 is 1.21 bits per heavy atom. The quantitative estimate of drug-likeness (QED) is 0.251. The molecule has 2 saturated heterocycles. The highest BCUT2D eigenvalue weighted by molar-refractivity contribution is 7.22. The SMILES string of the molecule is Cc1ccccc1-c1noc(C2CC2)c1COC1CC2CCC[C@@H]1N2c1nc2c(F)cc(C(=O)NCC(=O)O)cc2s1. The van der Waals surface area contributed by atoms with Gasteiger partial charge in [0, 0.05) is 28.7 Å². The molecule has 42 heavy (non-hydrogen) atoms. The first-order chi connectivity index (χ1) is 20.4. The van der Waals surface area contributed by atoms with E-state index in [4.69, 9.17) is 14.4 Å². The molecule has 1 amide bonds. The van der Waals surface area contributed by atoms with E-state index in [2.05, 4.69) is 39.4 Å². The first-order valence-electron chi connectivity index (χ1n) is 14.4. The van der Waals surface area contributed by atoms with Gasteiger partial charge in [0.05, 0.1) is 23.5 Å². The van der Waals surface area contributed by atoms with Gasteiger partial charge < -0.3 is 24.6 Å². The van der Waals surface area contributed by atoms with Crippen LogP contribution in [0, 0.1) is 12.7 Å². The average Bonchev–Trinajstić information content (AvgIpc) is 3.52. The van der Waals surface area contributed by atoms with E-state index in [0.717, 1.165) is 77.9 Å². The van der Waals surface area contributed by atoms with E-state index in [1.165, 1.54) is 11.3 Å². The highest BCUT2D eigenvalue weighted by Crippen LogP contribution is 2.46. The smallest absolute Gasteiger partial charge is 0.322 e. The molecule has 2 aliphatic heterocycles. The lowest BCUT2D eigenvalue weighted by Crippen LogP contribution is -2.42. The summed E-state index contributed by atoms with van der Waals surface area (Å²) in [7, 11) is 0. The van der Waals surface area contributed by atoms with Crippen molar-refractivity contribution in [2.24, 2.45) is 0 Å². The number of carbonyl (C=O) groups is 2. The molecule has 4 heterocycles. The number of carbonyl (C=O) groups excluding carboxylic acids is 1. The van der Waals surface area contributed by atoms with Gasteiger partial charge in [0.1, 0.15) is 23.5 Å². The number of rotatable bonds is 9. The van der Waals surface area contributed by atoms with Gasteiger partial charge in [0.15, 0.2) is 10.9 Å². The molecule has 4 aromatic rings. The maximum atomic E-state index is 15.1. The van der Waals surface area contributed by atoms with Gasteiger partial charge in [-0.2, -0.15) is 0 Å². The van der Waals surface area contributed by atoms with Crippen molar-refractivity contribution in [2.75, 3.05) is 11.4 Å². The summed E-state index contributed by atoms with van der Waals surface area (Å²) in [5.41, 5.74) is 4.39. The summed E-state index contributed by atoms with van der Waals surface area (Å²) < 4.78 is 28.2. The standard InChI is InChI=1S/C31H31FN4O5S/c1-16-5-2-3-7-20(16)27-21(29(41-35-27)17-9-10-17)15-40-24-13-19-6-4-8-23(24)36(19)31-34-28-22(32)11-18(12-25(28)42-31)30(39)33-14-26(37)38/h2-3,5,7,11-12,17,19,23-24H,4,6,8-10,13-15H2,1H3,(H,33,39)(H,37,38)/t19?,23-,24?/m0/s1. The lowest BCUT2D eigenvalue weighted by atomic mass is 10.0. The van der Waals surface area contributed by atoms with Crippen LogP contribution in [-0.4, -0.2) is 51.9 Å². The van der Waals surface area contributed by atoms with Crippen molar-refractivity contribution < 1.29 is 28.3 Å². The van der Waals surface area contributed by atoms with E-state index >= 15 is 4.39 Å². The highest BCUT2D eigenvalue weighted by atomic mass is 32.1. The Kier molecular flexibility index (Phi) is 6.94. The number of hydrogen-bond donors (Lipinski definition) is 2. The van der Waals surface area contributed by atoms with Gasteiger partial charge in [0.2, 0.25) is 0 Å². The second kappa shape index (κ2) is 10.8. The molecule has 2 N–H and O–H groups in total. The minimum Gasteiger partial charge on any atom is -0.480 e. The van der Waals surface area contributed by atoms with Crippen LogP contribution >= 0.6 is 11.3 Å². The molecule has 218 valence electrons. The summed E-state index contributed by atoms with van der Waals surface area (Å²) in [4.78, 5) is 30.2. The third kappa shape index (κ3) is 4.94. The van der Waals surface area contributed by atoms with Crippen molar-refractivity contribution in [1.82, 2.24) is 15.5 Å². The summed E-state index contributed by atoms with van der Waals surface area (Å²) in [6, 6.07) is 11.2. The molecule has 0 radical (unpaired) electrons. The lowest BCUT2D eigenvalue weighted by molar-refractivity contribution is -0.135. The maximum Gasteiger partial charge on any atom is 0.322 e. The molecule has 1 saturated carbocycles. The van der Waals surface area contributed by atoms with Crippen LogP contribution in [0.25, 0.3) is 21.5 Å². The number of piperidine rings is 1. The monoisotopic (exact) mass is 590 g/mol. The van der Waals surface area contributed by atoms with E-state index in [9.17, 15) is 9.59 Å². The molecule has 2 aromatic heterocycles. The number of aryl methyl sites for hydroxylation is 1. The number of ether oxygens (including phenoxy) is 1. The normalized spacial score (nSPS) is 21.7. The summed E-state index contributed by atoms with van der Waals surface area (Å²) >= 11 is 1.35. The van der Waals surface area contributed by atoms with Crippen LogP contribution in [0.2, 0.25) is 0 Å². The van der Waals surface area contributed by atoms with Crippen molar-refractivity contribution in [3.8, 4) is 11.3 Å². The maximum absolute atomic E-state index is 15.1. The predicted molar refractivity (Wildman–Crippen MR) is 155 cm³/mol. The van der Waals surface area contributed by atoms with E-state index in [1.807, 2.05) is 12.1 Å². The second-order valence-electron chi connectivity index (χ2n) is 11.5. The van der Waals surface area contributed by atoms with Gasteiger partial charge >= 0.3 is 5.97 Å². The van der Waals surface area contributed by atoms with Gasteiger partial charge in [0.25, 0.3) is 5.91 Å². The summed E-state index contributed by atoms with van der Waals surface area (Å²) in [5, 5.41) is 16.3. The number of fused-ring (bicyclic) bond motifs is 3. The third-order valence-corrected chi connectivity index (χ3v) is 9.67. The Morgan fingerprint density at radius 2 is 2.05 bits per heavy atom. The molecular formula is C31H31FN4O5S. The number of nitrogens with one attached hydrogen (secondary N) is 1. The van der Waals surface area contributed by atoms with Gasteiger partial charge in [-0.3, -0.25) is 9.59 Å². The molecule has 11 heteroatoms. The number of anilines is 1. The second-order valence-corrected chi connectivity index (χ2v) is 12.5. The first kappa shape index (κ1) is 27.0. The number of thiazole rings is 1. The van der Waals surface area contributed by atoms with Gasteiger partial charge in [-0.1, -0.05) is 40.8 Å². The van der Waals surface area contributed by atoms with Crippen LogP contribution in [0.3, 0.4) is 0 Å². The van der Waals surface area contributed by atoms with Crippen LogP contribution in [0.1, 0.15) is 71.7 Å². The van der Waals surface area contributed by atoms with Crippen LogP contribution in [0.15, 0.2) is 40.9 Å². The Hall–Kier alpha value is -3.83. The van der Waals surface area contributed by atoms with E-state index in [1.54, 1.807) is 6.07 Å². The Balaban J connectivity index is 1.13. The molecule has 3 aliphatic rings. The fourth-order valence-electron chi connectivity index (χ4n) is 6.46. The molecule has 1 aliphatic carbocycles. The molecule has 0 spiro atoms.